The van der Waals surface area contributed by atoms with Crippen LogP contribution in [0.2, 0.25) is 0 Å². The molecule has 1 aromatic heterocycles. The molecule has 1 fully saturated rings. The van der Waals surface area contributed by atoms with Gasteiger partial charge in [-0.3, -0.25) is 14.5 Å². The van der Waals surface area contributed by atoms with Crippen molar-refractivity contribution in [3.63, 3.8) is 0 Å². The molecule has 160 valence electrons. The lowest BCUT2D eigenvalue weighted by Crippen LogP contribution is -2.46. The van der Waals surface area contributed by atoms with E-state index in [1.165, 1.54) is 0 Å². The second kappa shape index (κ2) is 9.92. The highest BCUT2D eigenvalue weighted by molar-refractivity contribution is 7.10. The lowest BCUT2D eigenvalue weighted by Gasteiger charge is -2.32. The molecule has 1 aliphatic rings. The van der Waals surface area contributed by atoms with Gasteiger partial charge in [-0.05, 0) is 48.9 Å². The molecule has 2 aromatic carbocycles. The van der Waals surface area contributed by atoms with E-state index in [1.54, 1.807) is 16.2 Å². The molecule has 0 saturated heterocycles. The highest BCUT2D eigenvalue weighted by atomic mass is 32.1. The molecule has 0 unspecified atom stereocenters. The van der Waals surface area contributed by atoms with Crippen LogP contribution in [0.4, 0.5) is 5.69 Å². The van der Waals surface area contributed by atoms with Crippen molar-refractivity contribution in [1.82, 2.24) is 5.32 Å². The first-order valence-electron chi connectivity index (χ1n) is 10.9. The molecule has 1 aliphatic carbocycles. The van der Waals surface area contributed by atoms with Crippen LogP contribution in [-0.2, 0) is 16.0 Å². The van der Waals surface area contributed by atoms with Crippen molar-refractivity contribution >= 4 is 28.8 Å². The molecule has 0 radical (unpaired) electrons. The van der Waals surface area contributed by atoms with Gasteiger partial charge in [0.15, 0.2) is 0 Å². The van der Waals surface area contributed by atoms with E-state index in [4.69, 9.17) is 0 Å². The van der Waals surface area contributed by atoms with E-state index in [1.807, 2.05) is 79.0 Å². The number of rotatable bonds is 7. The van der Waals surface area contributed by atoms with Gasteiger partial charge in [-0.25, -0.2) is 0 Å². The van der Waals surface area contributed by atoms with Gasteiger partial charge in [0, 0.05) is 16.6 Å². The Hall–Kier alpha value is -2.92. The van der Waals surface area contributed by atoms with Crippen LogP contribution in [0.1, 0.15) is 47.7 Å². The molecular formula is C26H28N2O2S. The van der Waals surface area contributed by atoms with Crippen molar-refractivity contribution in [3.8, 4) is 0 Å². The van der Waals surface area contributed by atoms with Gasteiger partial charge in [0.2, 0.25) is 11.8 Å². The maximum absolute atomic E-state index is 13.6. The third kappa shape index (κ3) is 5.23. The average molecular weight is 433 g/mol. The van der Waals surface area contributed by atoms with Crippen LogP contribution in [-0.4, -0.2) is 17.9 Å². The number of carbonyl (C=O) groups excluding carboxylic acids is 2. The quantitative estimate of drug-likeness (QED) is 0.541. The Bertz CT molecular complexity index is 994. The van der Waals surface area contributed by atoms with Gasteiger partial charge in [0.25, 0.3) is 0 Å². The summed E-state index contributed by atoms with van der Waals surface area (Å²) in [7, 11) is 0. The van der Waals surface area contributed by atoms with E-state index in [0.29, 0.717) is 0 Å². The summed E-state index contributed by atoms with van der Waals surface area (Å²) in [5, 5.41) is 5.20. The summed E-state index contributed by atoms with van der Waals surface area (Å²) in [6.07, 6.45) is 4.55. The first-order valence-corrected chi connectivity index (χ1v) is 11.8. The minimum atomic E-state index is -0.711. The largest absolute Gasteiger partial charge is 0.351 e. The highest BCUT2D eigenvalue weighted by Crippen LogP contribution is 2.30. The molecule has 1 N–H and O–H groups in total. The lowest BCUT2D eigenvalue weighted by molar-refractivity contribution is -0.127. The Balaban J connectivity index is 1.73. The second-order valence-electron chi connectivity index (χ2n) is 8.16. The highest BCUT2D eigenvalue weighted by Gasteiger charge is 2.34. The van der Waals surface area contributed by atoms with Crippen molar-refractivity contribution in [1.29, 1.82) is 0 Å². The molecule has 4 rings (SSSR count). The summed E-state index contributed by atoms with van der Waals surface area (Å²) in [5.41, 5.74) is 2.67. The number of aryl methyl sites for hydroxylation is 1. The molecule has 0 aliphatic heterocycles. The molecule has 3 aromatic rings. The van der Waals surface area contributed by atoms with E-state index >= 15 is 0 Å². The van der Waals surface area contributed by atoms with Crippen molar-refractivity contribution < 1.29 is 9.59 Å². The Morgan fingerprint density at radius 1 is 1.00 bits per heavy atom. The SMILES string of the molecule is Cc1ccc(N(C(=O)Cc2cccs2)[C@@H](C(=O)NC2CCCC2)c2ccccc2)cc1. The zero-order valence-corrected chi connectivity index (χ0v) is 18.6. The van der Waals surface area contributed by atoms with E-state index in [-0.39, 0.29) is 24.3 Å². The number of nitrogens with zero attached hydrogens (tertiary/aromatic N) is 1. The Kier molecular flexibility index (Phi) is 6.82. The topological polar surface area (TPSA) is 49.4 Å². The summed E-state index contributed by atoms with van der Waals surface area (Å²) in [4.78, 5) is 29.9. The van der Waals surface area contributed by atoms with Gasteiger partial charge in [0.05, 0.1) is 6.42 Å². The summed E-state index contributed by atoms with van der Waals surface area (Å²) in [6, 6.07) is 20.8. The number of thiophene rings is 1. The molecule has 0 spiro atoms. The van der Waals surface area contributed by atoms with Gasteiger partial charge in [-0.2, -0.15) is 0 Å². The number of hydrogen-bond donors (Lipinski definition) is 1. The van der Waals surface area contributed by atoms with Crippen LogP contribution in [0.15, 0.2) is 72.1 Å². The zero-order valence-electron chi connectivity index (χ0n) is 17.8. The summed E-state index contributed by atoms with van der Waals surface area (Å²) in [6.45, 7) is 2.02. The van der Waals surface area contributed by atoms with Crippen molar-refractivity contribution in [2.45, 2.75) is 51.1 Å². The van der Waals surface area contributed by atoms with E-state index in [9.17, 15) is 9.59 Å². The second-order valence-corrected chi connectivity index (χ2v) is 9.19. The molecule has 1 heterocycles. The van der Waals surface area contributed by atoms with Crippen molar-refractivity contribution in [3.05, 3.63) is 88.1 Å². The zero-order chi connectivity index (χ0) is 21.6. The first-order chi connectivity index (χ1) is 15.1. The smallest absolute Gasteiger partial charge is 0.248 e. The number of anilines is 1. The maximum Gasteiger partial charge on any atom is 0.248 e. The monoisotopic (exact) mass is 432 g/mol. The van der Waals surface area contributed by atoms with Crippen molar-refractivity contribution in [2.75, 3.05) is 4.90 Å². The standard InChI is InChI=1S/C26H28N2O2S/c1-19-13-15-22(16-14-19)28(24(29)18-23-12-7-17-31-23)25(20-8-3-2-4-9-20)26(30)27-21-10-5-6-11-21/h2-4,7-9,12-17,21,25H,5-6,10-11,18H2,1H3,(H,27,30)/t25-/m1/s1. The van der Waals surface area contributed by atoms with Crippen LogP contribution in [0.25, 0.3) is 0 Å². The number of benzene rings is 2. The van der Waals surface area contributed by atoms with Crippen LogP contribution in [0, 0.1) is 6.92 Å². The Morgan fingerprint density at radius 3 is 2.35 bits per heavy atom. The van der Waals surface area contributed by atoms with Gasteiger partial charge < -0.3 is 5.32 Å². The third-order valence-electron chi connectivity index (χ3n) is 5.81. The number of hydrogen-bond acceptors (Lipinski definition) is 3. The van der Waals surface area contributed by atoms with Gasteiger partial charge in [0.1, 0.15) is 6.04 Å². The van der Waals surface area contributed by atoms with Crippen LogP contribution < -0.4 is 10.2 Å². The average Bonchev–Trinajstić information content (AvgIpc) is 3.47. The molecule has 2 amide bonds. The van der Waals surface area contributed by atoms with E-state index in [0.717, 1.165) is 47.4 Å². The summed E-state index contributed by atoms with van der Waals surface area (Å²) >= 11 is 1.56. The Morgan fingerprint density at radius 2 is 1.71 bits per heavy atom. The third-order valence-corrected chi connectivity index (χ3v) is 6.69. The molecule has 0 bridgehead atoms. The minimum absolute atomic E-state index is 0.0817. The van der Waals surface area contributed by atoms with Gasteiger partial charge in [-0.15, -0.1) is 11.3 Å². The molecule has 4 nitrogen and oxygen atoms in total. The fraction of sp³-hybridized carbons (Fsp3) is 0.308. The van der Waals surface area contributed by atoms with Crippen LogP contribution >= 0.6 is 11.3 Å². The minimum Gasteiger partial charge on any atom is -0.351 e. The molecule has 5 heteroatoms. The molecule has 31 heavy (non-hydrogen) atoms. The fourth-order valence-corrected chi connectivity index (χ4v) is 4.89. The summed E-state index contributed by atoms with van der Waals surface area (Å²) in [5.74, 6) is -0.195. The summed E-state index contributed by atoms with van der Waals surface area (Å²) < 4.78 is 0. The molecule has 1 atom stereocenters. The van der Waals surface area contributed by atoms with Crippen LogP contribution in [0.5, 0.6) is 0 Å². The number of amides is 2. The predicted octanol–water partition coefficient (Wildman–Crippen LogP) is 5.43. The molecule has 1 saturated carbocycles. The fourth-order valence-electron chi connectivity index (χ4n) is 4.19. The van der Waals surface area contributed by atoms with E-state index in [2.05, 4.69) is 5.32 Å². The number of carbonyl (C=O) groups is 2. The normalized spacial score (nSPS) is 14.9. The van der Waals surface area contributed by atoms with Gasteiger partial charge in [-0.1, -0.05) is 66.9 Å². The Labute approximate surface area is 187 Å². The molecular weight excluding hydrogens is 404 g/mol. The lowest BCUT2D eigenvalue weighted by atomic mass is 10.0. The van der Waals surface area contributed by atoms with Gasteiger partial charge >= 0.3 is 0 Å². The first kappa shape index (κ1) is 21.3. The van der Waals surface area contributed by atoms with E-state index < -0.39 is 6.04 Å². The number of nitrogens with one attached hydrogen (secondary N) is 1. The van der Waals surface area contributed by atoms with Crippen molar-refractivity contribution in [2.24, 2.45) is 0 Å². The predicted molar refractivity (Wildman–Crippen MR) is 126 cm³/mol. The maximum atomic E-state index is 13.6. The van der Waals surface area contributed by atoms with Crippen LogP contribution in [0.3, 0.4) is 0 Å².